The molecule has 0 radical (unpaired) electrons. The third-order valence-corrected chi connectivity index (χ3v) is 6.40. The number of amides is 3. The van der Waals surface area contributed by atoms with Gasteiger partial charge in [-0.1, -0.05) is 23.7 Å². The molecule has 1 atom stereocenters. The Morgan fingerprint density at radius 1 is 1.12 bits per heavy atom. The van der Waals surface area contributed by atoms with E-state index in [1.54, 1.807) is 32.3 Å². The molecule has 3 aromatic rings. The normalized spacial score (nSPS) is 15.4. The minimum atomic E-state index is -0.184. The smallest absolute Gasteiger partial charge is 0.322 e. The maximum atomic E-state index is 13.3. The van der Waals surface area contributed by atoms with E-state index < -0.39 is 0 Å². The Hall–Kier alpha value is -3.39. The topological polar surface area (TPSA) is 83.4 Å². The highest BCUT2D eigenvalue weighted by atomic mass is 35.5. The molecular formula is C25H29ClN6O2. The van der Waals surface area contributed by atoms with Gasteiger partial charge in [0.05, 0.1) is 12.6 Å². The summed E-state index contributed by atoms with van der Waals surface area (Å²) in [5.74, 6) is 1.51. The van der Waals surface area contributed by atoms with Crippen molar-refractivity contribution in [2.45, 2.75) is 39.3 Å². The zero-order valence-electron chi connectivity index (χ0n) is 19.9. The molecule has 1 fully saturated rings. The molecule has 0 saturated carbocycles. The molecule has 0 bridgehead atoms. The van der Waals surface area contributed by atoms with Gasteiger partial charge in [0.2, 0.25) is 0 Å². The predicted octanol–water partition coefficient (Wildman–Crippen LogP) is 4.67. The molecule has 1 saturated heterocycles. The zero-order chi connectivity index (χ0) is 24.4. The summed E-state index contributed by atoms with van der Waals surface area (Å²) in [7, 11) is 3.43. The second kappa shape index (κ2) is 9.85. The molecule has 0 aliphatic carbocycles. The molecule has 1 aromatic heterocycles. The van der Waals surface area contributed by atoms with E-state index in [-0.39, 0.29) is 18.0 Å². The van der Waals surface area contributed by atoms with Crippen LogP contribution in [0.25, 0.3) is 0 Å². The van der Waals surface area contributed by atoms with Gasteiger partial charge in [0.1, 0.15) is 5.82 Å². The first-order valence-corrected chi connectivity index (χ1v) is 11.7. The second-order valence-electron chi connectivity index (χ2n) is 8.83. The molecule has 2 aromatic carbocycles. The van der Waals surface area contributed by atoms with Crippen molar-refractivity contribution in [1.29, 1.82) is 0 Å². The van der Waals surface area contributed by atoms with Crippen LogP contribution in [0.2, 0.25) is 5.02 Å². The minimum Gasteiger partial charge on any atom is -0.345 e. The van der Waals surface area contributed by atoms with Crippen LogP contribution in [0.15, 0.2) is 42.5 Å². The largest absolute Gasteiger partial charge is 0.345 e. The van der Waals surface area contributed by atoms with Gasteiger partial charge in [0.15, 0.2) is 5.82 Å². The van der Waals surface area contributed by atoms with Crippen molar-refractivity contribution < 1.29 is 9.59 Å². The van der Waals surface area contributed by atoms with E-state index in [1.165, 1.54) is 4.90 Å². The number of hydrogen-bond donors (Lipinski definition) is 1. The number of aryl methyl sites for hydroxylation is 2. The molecule has 4 rings (SSSR count). The van der Waals surface area contributed by atoms with Crippen LogP contribution in [-0.4, -0.2) is 57.1 Å². The highest BCUT2D eigenvalue weighted by Gasteiger charge is 2.34. The predicted molar refractivity (Wildman–Crippen MR) is 132 cm³/mol. The molecular weight excluding hydrogens is 452 g/mol. The Morgan fingerprint density at radius 3 is 2.53 bits per heavy atom. The maximum Gasteiger partial charge on any atom is 0.322 e. The van der Waals surface area contributed by atoms with Crippen molar-refractivity contribution in [2.75, 3.05) is 26.0 Å². The van der Waals surface area contributed by atoms with Gasteiger partial charge in [-0.05, 0) is 68.1 Å². The number of anilines is 1. The maximum absolute atomic E-state index is 13.3. The van der Waals surface area contributed by atoms with Crippen LogP contribution in [-0.2, 0) is 6.54 Å². The SMILES string of the molecule is Cc1cc(C(=O)N(C)C)ccc1NC(=O)N1CCC[C@@H]1c1nnc(C)n1Cc1ccc(Cl)cc1. The number of urea groups is 1. The molecule has 1 N–H and O–H groups in total. The number of halogens is 1. The molecule has 3 amide bonds. The quantitative estimate of drug-likeness (QED) is 0.575. The van der Waals surface area contributed by atoms with E-state index >= 15 is 0 Å². The fourth-order valence-electron chi connectivity index (χ4n) is 4.27. The summed E-state index contributed by atoms with van der Waals surface area (Å²) in [5.41, 5.74) is 3.19. The standard InChI is InChI=1S/C25H29ClN6O2/c1-16-14-19(24(33)30(3)4)9-12-21(16)27-25(34)31-13-5-6-22(31)23-29-28-17(2)32(23)15-18-7-10-20(26)11-8-18/h7-12,14,22H,5-6,13,15H2,1-4H3,(H,27,34)/t22-/m1/s1. The summed E-state index contributed by atoms with van der Waals surface area (Å²) in [6.07, 6.45) is 1.71. The number of hydrogen-bond acceptors (Lipinski definition) is 4. The number of benzene rings is 2. The molecule has 0 spiro atoms. The lowest BCUT2D eigenvalue weighted by molar-refractivity contribution is 0.0827. The van der Waals surface area contributed by atoms with Crippen LogP contribution >= 0.6 is 11.6 Å². The first kappa shape index (κ1) is 23.8. The number of aromatic nitrogens is 3. The van der Waals surface area contributed by atoms with Crippen LogP contribution in [0.5, 0.6) is 0 Å². The molecule has 1 aliphatic rings. The molecule has 178 valence electrons. The van der Waals surface area contributed by atoms with Gasteiger partial charge in [-0.2, -0.15) is 0 Å². The van der Waals surface area contributed by atoms with Crippen molar-refractivity contribution in [3.63, 3.8) is 0 Å². The van der Waals surface area contributed by atoms with E-state index in [4.69, 9.17) is 11.6 Å². The van der Waals surface area contributed by atoms with Crippen LogP contribution in [0, 0.1) is 13.8 Å². The zero-order valence-corrected chi connectivity index (χ0v) is 20.6. The van der Waals surface area contributed by atoms with Gasteiger partial charge < -0.3 is 19.7 Å². The summed E-state index contributed by atoms with van der Waals surface area (Å²) < 4.78 is 2.06. The van der Waals surface area contributed by atoms with Gasteiger partial charge in [0, 0.05) is 36.9 Å². The lowest BCUT2D eigenvalue weighted by Gasteiger charge is -2.25. The van der Waals surface area contributed by atoms with Crippen molar-refractivity contribution in [1.82, 2.24) is 24.6 Å². The number of rotatable bonds is 5. The van der Waals surface area contributed by atoms with Crippen LogP contribution in [0.1, 0.15) is 52.0 Å². The summed E-state index contributed by atoms with van der Waals surface area (Å²) in [6.45, 7) is 5.05. The molecule has 34 heavy (non-hydrogen) atoms. The summed E-state index contributed by atoms with van der Waals surface area (Å²) in [6, 6.07) is 12.7. The Balaban J connectivity index is 1.53. The summed E-state index contributed by atoms with van der Waals surface area (Å²) >= 11 is 6.03. The number of carbonyl (C=O) groups is 2. The number of nitrogens with zero attached hydrogens (tertiary/aromatic N) is 5. The summed E-state index contributed by atoms with van der Waals surface area (Å²) in [4.78, 5) is 28.8. The monoisotopic (exact) mass is 480 g/mol. The molecule has 9 heteroatoms. The average molecular weight is 481 g/mol. The van der Waals surface area contributed by atoms with Crippen molar-refractivity contribution in [3.8, 4) is 0 Å². The number of likely N-dealkylation sites (tertiary alicyclic amines) is 1. The Morgan fingerprint density at radius 2 is 1.85 bits per heavy atom. The Bertz CT molecular complexity index is 1200. The van der Waals surface area contributed by atoms with Gasteiger partial charge in [-0.25, -0.2) is 4.79 Å². The lowest BCUT2D eigenvalue weighted by Crippen LogP contribution is -2.36. The van der Waals surface area contributed by atoms with Gasteiger partial charge in [0.25, 0.3) is 5.91 Å². The van der Waals surface area contributed by atoms with E-state index in [1.807, 2.05) is 43.0 Å². The van der Waals surface area contributed by atoms with Crippen LogP contribution in [0.3, 0.4) is 0 Å². The third kappa shape index (κ3) is 4.92. The fraction of sp³-hybridized carbons (Fsp3) is 0.360. The first-order valence-electron chi connectivity index (χ1n) is 11.3. The number of nitrogens with one attached hydrogen (secondary N) is 1. The van der Waals surface area contributed by atoms with Gasteiger partial charge >= 0.3 is 6.03 Å². The van der Waals surface area contributed by atoms with E-state index in [0.29, 0.717) is 29.4 Å². The molecule has 8 nitrogen and oxygen atoms in total. The fourth-order valence-corrected chi connectivity index (χ4v) is 4.40. The van der Waals surface area contributed by atoms with Crippen LogP contribution in [0.4, 0.5) is 10.5 Å². The summed E-state index contributed by atoms with van der Waals surface area (Å²) in [5, 5.41) is 12.5. The first-order chi connectivity index (χ1) is 16.2. The minimum absolute atomic E-state index is 0.0732. The van der Waals surface area contributed by atoms with Crippen molar-refractivity contribution >= 4 is 29.2 Å². The van der Waals surface area contributed by atoms with E-state index in [9.17, 15) is 9.59 Å². The highest BCUT2D eigenvalue weighted by molar-refractivity contribution is 6.30. The van der Waals surface area contributed by atoms with Crippen molar-refractivity contribution in [3.05, 3.63) is 75.8 Å². The Labute approximate surface area is 204 Å². The van der Waals surface area contributed by atoms with Gasteiger partial charge in [-0.15, -0.1) is 10.2 Å². The molecule has 2 heterocycles. The lowest BCUT2D eigenvalue weighted by atomic mass is 10.1. The van der Waals surface area contributed by atoms with Gasteiger partial charge in [-0.3, -0.25) is 4.79 Å². The Kier molecular flexibility index (Phi) is 6.88. The molecule has 0 unspecified atom stereocenters. The average Bonchev–Trinajstić information content (AvgIpc) is 3.43. The van der Waals surface area contributed by atoms with E-state index in [0.717, 1.165) is 35.6 Å². The second-order valence-corrected chi connectivity index (χ2v) is 9.27. The van der Waals surface area contributed by atoms with Crippen LogP contribution < -0.4 is 5.32 Å². The van der Waals surface area contributed by atoms with Crippen molar-refractivity contribution in [2.24, 2.45) is 0 Å². The highest BCUT2D eigenvalue weighted by Crippen LogP contribution is 2.32. The molecule has 1 aliphatic heterocycles. The van der Waals surface area contributed by atoms with E-state index in [2.05, 4.69) is 20.1 Å². The number of carbonyl (C=O) groups excluding carboxylic acids is 2. The third-order valence-electron chi connectivity index (χ3n) is 6.15.